The van der Waals surface area contributed by atoms with Crippen LogP contribution in [0.25, 0.3) is 0 Å². The van der Waals surface area contributed by atoms with Crippen molar-refractivity contribution < 1.29 is 82.9 Å². The number of hydrogen-bond donors (Lipinski definition) is 0. The fourth-order valence-electron chi connectivity index (χ4n) is 5.26. The highest BCUT2D eigenvalue weighted by atomic mass is 28.7. The van der Waals surface area contributed by atoms with Gasteiger partial charge < -0.3 is 82.9 Å². The lowest BCUT2D eigenvalue weighted by Crippen LogP contribution is -2.88. The molecule has 20 nitrogen and oxygen atoms in total. The highest BCUT2D eigenvalue weighted by Crippen LogP contribution is 2.48. The molecule has 35 heteroatoms. The van der Waals surface area contributed by atoms with E-state index in [-0.39, 0.29) is 0 Å². The monoisotopic (exact) mass is 1100 g/mol. The third kappa shape index (κ3) is 16.3. The summed E-state index contributed by atoms with van der Waals surface area (Å²) in [6.07, 6.45) is -1.12. The Morgan fingerprint density at radius 2 is 0.661 bits per heavy atom. The third-order valence-corrected chi connectivity index (χ3v) is 52.7. The Labute approximate surface area is 371 Å². The Morgan fingerprint density at radius 1 is 0.373 bits per heavy atom. The van der Waals surface area contributed by atoms with Crippen LogP contribution in [0.2, 0.25) is 118 Å². The van der Waals surface area contributed by atoms with Crippen LogP contribution in [0.15, 0.2) is 0 Å². The second kappa shape index (κ2) is 18.2. The van der Waals surface area contributed by atoms with E-state index in [1.807, 2.05) is 126 Å². The van der Waals surface area contributed by atoms with Gasteiger partial charge in [0.2, 0.25) is 0 Å². The summed E-state index contributed by atoms with van der Waals surface area (Å²) in [4.78, 5) is 0. The lowest BCUT2D eigenvalue weighted by Gasteiger charge is -2.57. The molecule has 6 bridgehead atoms. The van der Waals surface area contributed by atoms with Gasteiger partial charge in [-0.3, -0.25) is 0 Å². The molecule has 0 aromatic carbocycles. The van der Waals surface area contributed by atoms with Crippen LogP contribution in [0.3, 0.4) is 0 Å². The molecule has 0 aromatic rings. The number of rotatable bonds is 18. The predicted octanol–water partition coefficient (Wildman–Crippen LogP) is 4.25. The minimum atomic E-state index is -5.00. The second-order valence-corrected chi connectivity index (χ2v) is 70.1. The van der Waals surface area contributed by atoms with Crippen molar-refractivity contribution >= 4 is 133 Å². The molecule has 7 atom stereocenters. The Kier molecular flexibility index (Phi) is 16.6. The highest BCUT2D eigenvalue weighted by molar-refractivity contribution is 7.00. The maximum absolute atomic E-state index is 7.34. The highest BCUT2D eigenvalue weighted by Gasteiger charge is 2.87. The lowest BCUT2D eigenvalue weighted by molar-refractivity contribution is -0.110. The van der Waals surface area contributed by atoms with Crippen molar-refractivity contribution in [3.63, 3.8) is 0 Å². The van der Waals surface area contributed by atoms with Crippen molar-refractivity contribution in [2.45, 2.75) is 158 Å². The molecular formula is C24H72O20Si15. The first kappa shape index (κ1) is 54.1. The smallest absolute Gasteiger partial charge is 0.441 e. The van der Waals surface area contributed by atoms with Gasteiger partial charge in [-0.2, -0.15) is 0 Å². The van der Waals surface area contributed by atoms with Crippen LogP contribution in [-0.4, -0.2) is 145 Å². The average Bonchev–Trinajstić information content (AvgIpc) is 2.82. The van der Waals surface area contributed by atoms with E-state index < -0.39 is 145 Å². The Hall–Kier alpha value is 2.45. The molecule has 0 saturated carbocycles. The van der Waals surface area contributed by atoms with E-state index in [4.69, 9.17) is 82.9 Å². The summed E-state index contributed by atoms with van der Waals surface area (Å²) in [5, 5.41) is 0. The first-order chi connectivity index (χ1) is 26.1. The minimum Gasteiger partial charge on any atom is -0.441 e. The molecule has 0 aromatic heterocycles. The molecule has 4 aliphatic heterocycles. The summed E-state index contributed by atoms with van der Waals surface area (Å²) in [6, 6.07) is 0. The molecule has 4 fully saturated rings. The van der Waals surface area contributed by atoms with Gasteiger partial charge in [0.1, 0.15) is 0 Å². The third-order valence-electron chi connectivity index (χ3n) is 6.37. The van der Waals surface area contributed by atoms with E-state index in [1.54, 1.807) is 0 Å². The number of fused-ring (bicyclic) bond motifs is 4. The van der Waals surface area contributed by atoms with Crippen LogP contribution in [0, 0.1) is 0 Å². The van der Waals surface area contributed by atoms with Gasteiger partial charge in [-0.1, -0.05) is 0 Å². The van der Waals surface area contributed by atoms with E-state index in [0.717, 1.165) is 0 Å². The fourth-order valence-corrected chi connectivity index (χ4v) is 59.5. The standard InChI is InChI=1S/C24H72O20Si15/c1-23(2)25-53(28-45-27-47(5,6)7)36-56(32-49(11,12)13)37-54(26-24(3)4)29-46-30-55(31-48(8,9)10)40-57(38-53,33-50(14,15)16)43-59(42-56,35-52(20,21)22)44-58(39-54,41-55)34-51(17,18)19/h23-24H,45-46H2,1-22H3. The second-order valence-electron chi connectivity index (χ2n) is 20.7. The van der Waals surface area contributed by atoms with Crippen molar-refractivity contribution in [1.29, 1.82) is 0 Å². The number of hydrogen-bond acceptors (Lipinski definition) is 20. The molecule has 0 N–H and O–H groups in total. The maximum atomic E-state index is 7.34. The molecule has 4 heterocycles. The molecule has 0 aliphatic carbocycles. The van der Waals surface area contributed by atoms with E-state index in [0.29, 0.717) is 0 Å². The van der Waals surface area contributed by atoms with E-state index in [9.17, 15) is 0 Å². The molecule has 4 saturated heterocycles. The summed E-state index contributed by atoms with van der Waals surface area (Å²) in [6.45, 7) is 42.7. The van der Waals surface area contributed by atoms with Gasteiger partial charge in [0.05, 0.1) is 0 Å². The molecular weight excluding hydrogens is 1030 g/mol. The van der Waals surface area contributed by atoms with Gasteiger partial charge >= 0.3 is 63.3 Å². The largest absolute Gasteiger partial charge is 0.658 e. The fraction of sp³-hybridized carbons (Fsp3) is 1.00. The zero-order chi connectivity index (χ0) is 45.2. The van der Waals surface area contributed by atoms with Crippen LogP contribution in [0.5, 0.6) is 0 Å². The van der Waals surface area contributed by atoms with Gasteiger partial charge in [0.25, 0.3) is 20.0 Å². The zero-order valence-corrected chi connectivity index (χ0v) is 55.1. The average molecular weight is 1100 g/mol. The van der Waals surface area contributed by atoms with Crippen molar-refractivity contribution in [1.82, 2.24) is 0 Å². The Balaban J connectivity index is 2.28. The van der Waals surface area contributed by atoms with Crippen LogP contribution in [-0.2, 0) is 82.9 Å². The van der Waals surface area contributed by atoms with E-state index >= 15 is 0 Å². The van der Waals surface area contributed by atoms with Crippen molar-refractivity contribution in [2.24, 2.45) is 0 Å². The van der Waals surface area contributed by atoms with E-state index in [2.05, 4.69) is 19.6 Å². The summed E-state index contributed by atoms with van der Waals surface area (Å²) < 4.78 is 140. The quantitative estimate of drug-likeness (QED) is 0.177. The molecule has 7 unspecified atom stereocenters. The van der Waals surface area contributed by atoms with Gasteiger partial charge in [0, 0.05) is 12.2 Å². The maximum Gasteiger partial charge on any atom is 0.658 e. The van der Waals surface area contributed by atoms with Gasteiger partial charge in [-0.25, -0.2) is 0 Å². The molecule has 0 spiro atoms. The molecule has 4 aliphatic rings. The summed E-state index contributed by atoms with van der Waals surface area (Å²) >= 11 is 0. The molecule has 0 radical (unpaired) electrons. The zero-order valence-electron chi connectivity index (χ0n) is 39.2. The Morgan fingerprint density at radius 3 is 0.983 bits per heavy atom. The van der Waals surface area contributed by atoms with Crippen LogP contribution < -0.4 is 0 Å². The van der Waals surface area contributed by atoms with Gasteiger partial charge in [-0.05, 0) is 146 Å². The van der Waals surface area contributed by atoms with E-state index in [1.165, 1.54) is 0 Å². The summed E-state index contributed by atoms with van der Waals surface area (Å²) in [5.74, 6) is 0. The first-order valence-corrected chi connectivity index (χ1v) is 54.1. The van der Waals surface area contributed by atoms with Crippen LogP contribution >= 0.6 is 0 Å². The SMILES string of the molecule is CC(C)O[Si]1(O[SiH2]O[Si](C)(C)C)O[Si]2(O[Si](C)(C)C)O[Si]3(OC(C)C)O[SiH2]O[Si]4(O[Si](C)(C)C)O[Si](O[Si](C)(C)C)(O1)O[Si](O[Si](C)(C)C)(O2)O[Si](O[Si](C)(C)C)(O3)O4. The molecule has 4 rings (SSSR count). The minimum absolute atomic E-state index is 0.551. The van der Waals surface area contributed by atoms with Crippen LogP contribution in [0.4, 0.5) is 0 Å². The topological polar surface area (TPSA) is 185 Å². The molecule has 0 amide bonds. The van der Waals surface area contributed by atoms with Crippen LogP contribution in [0.1, 0.15) is 27.7 Å². The normalized spacial score (nSPS) is 37.2. The van der Waals surface area contributed by atoms with Crippen molar-refractivity contribution in [3.8, 4) is 0 Å². The van der Waals surface area contributed by atoms with Gasteiger partial charge in [0.15, 0.2) is 49.9 Å². The first-order valence-electron chi connectivity index (χ1n) is 19.9. The summed E-state index contributed by atoms with van der Waals surface area (Å²) in [7, 11) is -54.5. The van der Waals surface area contributed by atoms with Crippen molar-refractivity contribution in [3.05, 3.63) is 0 Å². The lowest BCUT2D eigenvalue weighted by atomic mass is 10.5. The molecule has 348 valence electrons. The predicted molar refractivity (Wildman–Crippen MR) is 249 cm³/mol. The molecule has 59 heavy (non-hydrogen) atoms. The Bertz CT molecular complexity index is 1460. The summed E-state index contributed by atoms with van der Waals surface area (Å²) in [5.41, 5.74) is 0. The van der Waals surface area contributed by atoms with Crippen molar-refractivity contribution in [2.75, 3.05) is 0 Å². The van der Waals surface area contributed by atoms with Gasteiger partial charge in [-0.15, -0.1) is 0 Å².